The maximum atomic E-state index is 12.9. The maximum Gasteiger partial charge on any atom is 0.272 e. The third-order valence-corrected chi connectivity index (χ3v) is 4.94. The SMILES string of the molecule is CCN(Cc1ccccc1)C(=O)c1cc(C(=O)NCCN2CCOCC2)ccn1. The van der Waals surface area contributed by atoms with E-state index in [0.29, 0.717) is 25.2 Å². The highest BCUT2D eigenvalue weighted by atomic mass is 16.5. The van der Waals surface area contributed by atoms with Crippen LogP contribution in [0.1, 0.15) is 33.3 Å². The van der Waals surface area contributed by atoms with E-state index in [4.69, 9.17) is 4.74 Å². The molecule has 0 spiro atoms. The Morgan fingerprint density at radius 2 is 1.93 bits per heavy atom. The van der Waals surface area contributed by atoms with Crippen molar-refractivity contribution in [2.45, 2.75) is 13.5 Å². The number of carbonyl (C=O) groups is 2. The van der Waals surface area contributed by atoms with Crippen molar-refractivity contribution in [3.05, 3.63) is 65.5 Å². The Bertz CT molecular complexity index is 807. The zero-order chi connectivity index (χ0) is 20.5. The Morgan fingerprint density at radius 1 is 1.17 bits per heavy atom. The summed E-state index contributed by atoms with van der Waals surface area (Å²) >= 11 is 0. The average Bonchev–Trinajstić information content (AvgIpc) is 2.78. The molecule has 7 nitrogen and oxygen atoms in total. The molecule has 1 aromatic carbocycles. The second-order valence-corrected chi connectivity index (χ2v) is 6.94. The van der Waals surface area contributed by atoms with E-state index in [1.54, 1.807) is 17.0 Å². The fourth-order valence-corrected chi connectivity index (χ4v) is 3.24. The summed E-state index contributed by atoms with van der Waals surface area (Å²) in [6.45, 7) is 7.59. The minimum absolute atomic E-state index is 0.181. The first kappa shape index (κ1) is 21.0. The largest absolute Gasteiger partial charge is 0.379 e. The van der Waals surface area contributed by atoms with Gasteiger partial charge in [0, 0.05) is 51.0 Å². The number of nitrogens with zero attached hydrogens (tertiary/aromatic N) is 3. The van der Waals surface area contributed by atoms with Gasteiger partial charge in [-0.15, -0.1) is 0 Å². The van der Waals surface area contributed by atoms with Gasteiger partial charge in [-0.05, 0) is 24.6 Å². The highest BCUT2D eigenvalue weighted by molar-refractivity contribution is 5.98. The summed E-state index contributed by atoms with van der Waals surface area (Å²) in [5, 5.41) is 2.92. The van der Waals surface area contributed by atoms with Crippen LogP contribution in [0.15, 0.2) is 48.7 Å². The number of rotatable bonds is 8. The lowest BCUT2D eigenvalue weighted by atomic mass is 10.1. The first-order valence-electron chi connectivity index (χ1n) is 10.0. The van der Waals surface area contributed by atoms with E-state index in [9.17, 15) is 9.59 Å². The van der Waals surface area contributed by atoms with Gasteiger partial charge >= 0.3 is 0 Å². The smallest absolute Gasteiger partial charge is 0.272 e. The minimum atomic E-state index is -0.194. The van der Waals surface area contributed by atoms with Crippen LogP contribution in [0.5, 0.6) is 0 Å². The van der Waals surface area contributed by atoms with Crippen molar-refractivity contribution in [2.24, 2.45) is 0 Å². The van der Waals surface area contributed by atoms with Gasteiger partial charge in [0.2, 0.25) is 0 Å². The van der Waals surface area contributed by atoms with Crippen molar-refractivity contribution in [1.82, 2.24) is 20.1 Å². The highest BCUT2D eigenvalue weighted by Gasteiger charge is 2.18. The van der Waals surface area contributed by atoms with Crippen LogP contribution in [0.2, 0.25) is 0 Å². The quantitative estimate of drug-likeness (QED) is 0.737. The van der Waals surface area contributed by atoms with E-state index >= 15 is 0 Å². The van der Waals surface area contributed by atoms with Crippen molar-refractivity contribution < 1.29 is 14.3 Å². The lowest BCUT2D eigenvalue weighted by Gasteiger charge is -2.26. The van der Waals surface area contributed by atoms with Gasteiger partial charge in [0.15, 0.2) is 0 Å². The standard InChI is InChI=1S/C22H28N4O3/c1-2-26(17-18-6-4-3-5-7-18)22(28)20-16-19(8-9-23-20)21(27)24-10-11-25-12-14-29-15-13-25/h3-9,16H,2,10-15,17H2,1H3,(H,24,27). The molecule has 1 fully saturated rings. The molecule has 3 rings (SSSR count). The van der Waals surface area contributed by atoms with Gasteiger partial charge in [-0.2, -0.15) is 0 Å². The monoisotopic (exact) mass is 396 g/mol. The first-order chi connectivity index (χ1) is 14.2. The average molecular weight is 396 g/mol. The maximum absolute atomic E-state index is 12.9. The molecule has 1 aliphatic rings. The predicted octanol–water partition coefficient (Wildman–Crippen LogP) is 1.81. The lowest BCUT2D eigenvalue weighted by molar-refractivity contribution is 0.0383. The molecule has 0 atom stereocenters. The molecule has 0 bridgehead atoms. The molecule has 2 heterocycles. The van der Waals surface area contributed by atoms with Crippen LogP contribution < -0.4 is 5.32 Å². The van der Waals surface area contributed by atoms with Gasteiger partial charge in [-0.1, -0.05) is 30.3 Å². The fraction of sp³-hybridized carbons (Fsp3) is 0.409. The lowest BCUT2D eigenvalue weighted by Crippen LogP contribution is -2.41. The van der Waals surface area contributed by atoms with E-state index in [-0.39, 0.29) is 17.5 Å². The summed E-state index contributed by atoms with van der Waals surface area (Å²) in [5.74, 6) is -0.375. The predicted molar refractivity (Wildman–Crippen MR) is 111 cm³/mol. The molecule has 7 heteroatoms. The normalized spacial score (nSPS) is 14.4. The zero-order valence-electron chi connectivity index (χ0n) is 16.8. The number of nitrogens with one attached hydrogen (secondary N) is 1. The van der Waals surface area contributed by atoms with Crippen molar-refractivity contribution in [3.8, 4) is 0 Å². The summed E-state index contributed by atoms with van der Waals surface area (Å²) in [6.07, 6.45) is 1.51. The van der Waals surface area contributed by atoms with Crippen molar-refractivity contribution >= 4 is 11.8 Å². The molecule has 1 saturated heterocycles. The van der Waals surface area contributed by atoms with Crippen LogP contribution in [0.3, 0.4) is 0 Å². The summed E-state index contributed by atoms with van der Waals surface area (Å²) < 4.78 is 5.33. The minimum Gasteiger partial charge on any atom is -0.379 e. The highest BCUT2D eigenvalue weighted by Crippen LogP contribution is 2.10. The number of ether oxygens (including phenoxy) is 1. The van der Waals surface area contributed by atoms with Crippen molar-refractivity contribution in [3.63, 3.8) is 0 Å². The number of carbonyl (C=O) groups excluding carboxylic acids is 2. The van der Waals surface area contributed by atoms with Crippen LogP contribution >= 0.6 is 0 Å². The summed E-state index contributed by atoms with van der Waals surface area (Å²) in [7, 11) is 0. The van der Waals surface area contributed by atoms with Crippen molar-refractivity contribution in [2.75, 3.05) is 45.9 Å². The molecule has 2 amide bonds. The number of morpholine rings is 1. The Hall–Kier alpha value is -2.77. The number of hydrogen-bond donors (Lipinski definition) is 1. The third kappa shape index (κ3) is 6.10. The van der Waals surface area contributed by atoms with E-state index in [0.717, 1.165) is 38.4 Å². The Morgan fingerprint density at radius 3 is 2.66 bits per heavy atom. The molecular weight excluding hydrogens is 368 g/mol. The van der Waals surface area contributed by atoms with E-state index in [2.05, 4.69) is 15.2 Å². The molecule has 0 aliphatic carbocycles. The van der Waals surface area contributed by atoms with Crippen LogP contribution in [0.4, 0.5) is 0 Å². The number of aromatic nitrogens is 1. The summed E-state index contributed by atoms with van der Waals surface area (Å²) in [5.41, 5.74) is 1.78. The molecule has 0 unspecified atom stereocenters. The van der Waals surface area contributed by atoms with Gasteiger partial charge in [0.05, 0.1) is 13.2 Å². The van der Waals surface area contributed by atoms with Gasteiger partial charge in [0.25, 0.3) is 11.8 Å². The third-order valence-electron chi connectivity index (χ3n) is 4.94. The van der Waals surface area contributed by atoms with Gasteiger partial charge in [-0.25, -0.2) is 0 Å². The zero-order valence-corrected chi connectivity index (χ0v) is 16.8. The molecule has 1 aromatic heterocycles. The number of benzene rings is 1. The Kier molecular flexibility index (Phi) is 7.72. The molecule has 1 aliphatic heterocycles. The van der Waals surface area contributed by atoms with E-state index in [1.165, 1.54) is 6.20 Å². The number of hydrogen-bond acceptors (Lipinski definition) is 5. The summed E-state index contributed by atoms with van der Waals surface area (Å²) in [4.78, 5) is 33.5. The molecule has 0 saturated carbocycles. The second-order valence-electron chi connectivity index (χ2n) is 6.94. The number of amides is 2. The molecule has 2 aromatic rings. The first-order valence-corrected chi connectivity index (χ1v) is 10.0. The fourth-order valence-electron chi connectivity index (χ4n) is 3.24. The van der Waals surface area contributed by atoms with Crippen LogP contribution in [-0.2, 0) is 11.3 Å². The van der Waals surface area contributed by atoms with E-state index in [1.807, 2.05) is 37.3 Å². The van der Waals surface area contributed by atoms with Gasteiger partial charge in [0.1, 0.15) is 5.69 Å². The molecule has 0 radical (unpaired) electrons. The Labute approximate surface area is 171 Å². The van der Waals surface area contributed by atoms with Gasteiger partial charge in [-0.3, -0.25) is 19.5 Å². The van der Waals surface area contributed by atoms with Crippen molar-refractivity contribution in [1.29, 1.82) is 0 Å². The molecule has 154 valence electrons. The van der Waals surface area contributed by atoms with Crippen LogP contribution in [0.25, 0.3) is 0 Å². The topological polar surface area (TPSA) is 74.8 Å². The number of pyridine rings is 1. The van der Waals surface area contributed by atoms with E-state index < -0.39 is 0 Å². The van der Waals surface area contributed by atoms with Gasteiger partial charge < -0.3 is 15.0 Å². The molecule has 29 heavy (non-hydrogen) atoms. The van der Waals surface area contributed by atoms with Crippen LogP contribution in [-0.4, -0.2) is 72.5 Å². The Balaban J connectivity index is 1.58. The molecular formula is C22H28N4O3. The second kappa shape index (κ2) is 10.7. The van der Waals surface area contributed by atoms with Crippen LogP contribution in [0, 0.1) is 0 Å². The summed E-state index contributed by atoms with van der Waals surface area (Å²) in [6, 6.07) is 13.0. The molecule has 1 N–H and O–H groups in total.